The molecule has 1 heterocycles. The van der Waals surface area contributed by atoms with Crippen molar-refractivity contribution in [3.63, 3.8) is 0 Å². The fourth-order valence-corrected chi connectivity index (χ4v) is 3.29. The molecule has 1 fully saturated rings. The molecule has 20 heavy (non-hydrogen) atoms. The standard InChI is InChI=1S/C15H20Br2O3/c1-15(2)5-4-11(20-15)9-19-14-12(17)6-10(8-16)7-13(14)18-3/h6-7,11H,4-5,8-9H2,1-3H3. The van der Waals surface area contributed by atoms with Gasteiger partial charge in [-0.3, -0.25) is 0 Å². The molecule has 1 aromatic rings. The number of ether oxygens (including phenoxy) is 3. The molecule has 1 atom stereocenters. The van der Waals surface area contributed by atoms with E-state index in [0.29, 0.717) is 6.61 Å². The Kier molecular flexibility index (Phi) is 5.37. The molecule has 0 N–H and O–H groups in total. The first kappa shape index (κ1) is 16.1. The summed E-state index contributed by atoms with van der Waals surface area (Å²) < 4.78 is 18.2. The Morgan fingerprint density at radius 3 is 2.70 bits per heavy atom. The summed E-state index contributed by atoms with van der Waals surface area (Å²) in [5.74, 6) is 1.48. The lowest BCUT2D eigenvalue weighted by molar-refractivity contribution is -0.0329. The first-order chi connectivity index (χ1) is 9.45. The second kappa shape index (κ2) is 6.67. The van der Waals surface area contributed by atoms with Crippen molar-refractivity contribution in [3.8, 4) is 11.5 Å². The van der Waals surface area contributed by atoms with Crippen molar-refractivity contribution in [2.45, 2.75) is 43.7 Å². The Hall–Kier alpha value is -0.260. The van der Waals surface area contributed by atoms with E-state index in [0.717, 1.165) is 39.7 Å². The van der Waals surface area contributed by atoms with Crippen LogP contribution in [-0.2, 0) is 10.1 Å². The van der Waals surface area contributed by atoms with Gasteiger partial charge in [0.1, 0.15) is 6.61 Å². The highest BCUT2D eigenvalue weighted by Gasteiger charge is 2.32. The fraction of sp³-hybridized carbons (Fsp3) is 0.600. The Balaban J connectivity index is 2.06. The number of methoxy groups -OCH3 is 1. The Morgan fingerprint density at radius 2 is 2.15 bits per heavy atom. The van der Waals surface area contributed by atoms with Crippen molar-refractivity contribution in [2.75, 3.05) is 13.7 Å². The average molecular weight is 408 g/mol. The monoisotopic (exact) mass is 406 g/mol. The lowest BCUT2D eigenvalue weighted by Gasteiger charge is -2.20. The van der Waals surface area contributed by atoms with Crippen LogP contribution in [0.15, 0.2) is 16.6 Å². The maximum absolute atomic E-state index is 5.94. The normalized spacial score (nSPS) is 20.9. The second-order valence-electron chi connectivity index (χ2n) is 5.59. The van der Waals surface area contributed by atoms with Crippen molar-refractivity contribution >= 4 is 31.9 Å². The van der Waals surface area contributed by atoms with E-state index in [1.165, 1.54) is 0 Å². The van der Waals surface area contributed by atoms with Crippen molar-refractivity contribution in [2.24, 2.45) is 0 Å². The van der Waals surface area contributed by atoms with E-state index in [1.807, 2.05) is 12.1 Å². The number of halogens is 2. The second-order valence-corrected chi connectivity index (χ2v) is 7.01. The molecule has 0 spiro atoms. The van der Waals surface area contributed by atoms with Crippen LogP contribution in [0.3, 0.4) is 0 Å². The highest BCUT2D eigenvalue weighted by Crippen LogP contribution is 2.38. The van der Waals surface area contributed by atoms with Crippen molar-refractivity contribution < 1.29 is 14.2 Å². The molecule has 0 aromatic heterocycles. The molecule has 5 heteroatoms. The molecule has 2 rings (SSSR count). The van der Waals surface area contributed by atoms with E-state index in [9.17, 15) is 0 Å². The zero-order valence-corrected chi connectivity index (χ0v) is 15.2. The van der Waals surface area contributed by atoms with Crippen molar-refractivity contribution in [1.82, 2.24) is 0 Å². The molecule has 1 aliphatic rings. The van der Waals surface area contributed by atoms with E-state index < -0.39 is 0 Å². The Morgan fingerprint density at radius 1 is 1.40 bits per heavy atom. The zero-order chi connectivity index (χ0) is 14.8. The molecule has 0 radical (unpaired) electrons. The van der Waals surface area contributed by atoms with Crippen LogP contribution in [-0.4, -0.2) is 25.4 Å². The van der Waals surface area contributed by atoms with Gasteiger partial charge >= 0.3 is 0 Å². The molecule has 0 bridgehead atoms. The molecule has 0 amide bonds. The summed E-state index contributed by atoms with van der Waals surface area (Å²) in [6.07, 6.45) is 2.26. The number of hydrogen-bond acceptors (Lipinski definition) is 3. The molecule has 1 saturated heterocycles. The zero-order valence-electron chi connectivity index (χ0n) is 12.0. The maximum atomic E-state index is 5.94. The van der Waals surface area contributed by atoms with Gasteiger partial charge in [-0.05, 0) is 60.3 Å². The molecule has 112 valence electrons. The molecule has 1 aromatic carbocycles. The van der Waals surface area contributed by atoms with Gasteiger partial charge in [-0.2, -0.15) is 0 Å². The SMILES string of the molecule is COc1cc(CBr)cc(Br)c1OCC1CCC(C)(C)O1. The predicted octanol–water partition coefficient (Wildman–Crippen LogP) is 4.69. The van der Waals surface area contributed by atoms with E-state index in [2.05, 4.69) is 45.7 Å². The quantitative estimate of drug-likeness (QED) is 0.662. The van der Waals surface area contributed by atoms with Gasteiger partial charge in [0.2, 0.25) is 0 Å². The van der Waals surface area contributed by atoms with Crippen molar-refractivity contribution in [1.29, 1.82) is 0 Å². The number of hydrogen-bond donors (Lipinski definition) is 0. The van der Waals surface area contributed by atoms with Crippen LogP contribution in [0, 0.1) is 0 Å². The third-order valence-corrected chi connectivity index (χ3v) is 4.65. The van der Waals surface area contributed by atoms with Crippen LogP contribution in [0.2, 0.25) is 0 Å². The van der Waals surface area contributed by atoms with Gasteiger partial charge in [-0.25, -0.2) is 0 Å². The molecule has 0 saturated carbocycles. The van der Waals surface area contributed by atoms with Crippen LogP contribution in [0.25, 0.3) is 0 Å². The maximum Gasteiger partial charge on any atom is 0.175 e. The van der Waals surface area contributed by atoms with E-state index in [4.69, 9.17) is 14.2 Å². The lowest BCUT2D eigenvalue weighted by Crippen LogP contribution is -2.24. The number of alkyl halides is 1. The molecular weight excluding hydrogens is 388 g/mol. The van der Waals surface area contributed by atoms with Crippen LogP contribution in [0.1, 0.15) is 32.3 Å². The largest absolute Gasteiger partial charge is 0.493 e. The minimum atomic E-state index is -0.0326. The highest BCUT2D eigenvalue weighted by molar-refractivity contribution is 9.10. The van der Waals surface area contributed by atoms with Gasteiger partial charge < -0.3 is 14.2 Å². The van der Waals surface area contributed by atoms with Gasteiger partial charge in [-0.15, -0.1) is 0 Å². The van der Waals surface area contributed by atoms with Gasteiger partial charge in [0.25, 0.3) is 0 Å². The predicted molar refractivity (Wildman–Crippen MR) is 87.0 cm³/mol. The molecule has 0 aliphatic carbocycles. The van der Waals surface area contributed by atoms with Gasteiger partial charge in [0.15, 0.2) is 11.5 Å². The first-order valence-corrected chi connectivity index (χ1v) is 8.59. The average Bonchev–Trinajstić information content (AvgIpc) is 2.76. The van der Waals surface area contributed by atoms with Crippen LogP contribution < -0.4 is 9.47 Å². The summed E-state index contributed by atoms with van der Waals surface area (Å²) >= 11 is 6.99. The van der Waals surface area contributed by atoms with Crippen molar-refractivity contribution in [3.05, 3.63) is 22.2 Å². The lowest BCUT2D eigenvalue weighted by atomic mass is 10.1. The van der Waals surface area contributed by atoms with E-state index in [-0.39, 0.29) is 11.7 Å². The summed E-state index contributed by atoms with van der Waals surface area (Å²) in [7, 11) is 1.65. The first-order valence-electron chi connectivity index (χ1n) is 6.68. The highest BCUT2D eigenvalue weighted by atomic mass is 79.9. The third kappa shape index (κ3) is 3.89. The topological polar surface area (TPSA) is 27.7 Å². The summed E-state index contributed by atoms with van der Waals surface area (Å²) in [6.45, 7) is 4.79. The molecule has 3 nitrogen and oxygen atoms in total. The summed E-state index contributed by atoms with van der Waals surface area (Å²) in [5.41, 5.74) is 1.11. The van der Waals surface area contributed by atoms with Gasteiger partial charge in [0, 0.05) is 5.33 Å². The Labute approximate surface area is 137 Å². The third-order valence-electron chi connectivity index (χ3n) is 3.41. The summed E-state index contributed by atoms with van der Waals surface area (Å²) in [4.78, 5) is 0. The minimum Gasteiger partial charge on any atom is -0.493 e. The fourth-order valence-electron chi connectivity index (χ4n) is 2.36. The van der Waals surface area contributed by atoms with Crippen LogP contribution >= 0.6 is 31.9 Å². The number of benzene rings is 1. The summed E-state index contributed by atoms with van der Waals surface area (Å²) in [5, 5.41) is 0.780. The van der Waals surface area contributed by atoms with Gasteiger partial charge in [-0.1, -0.05) is 15.9 Å². The van der Waals surface area contributed by atoms with Crippen LogP contribution in [0.5, 0.6) is 11.5 Å². The van der Waals surface area contributed by atoms with E-state index >= 15 is 0 Å². The summed E-state index contributed by atoms with van der Waals surface area (Å²) in [6, 6.07) is 4.01. The molecule has 1 aliphatic heterocycles. The minimum absolute atomic E-state index is 0.0326. The molecular formula is C15H20Br2O3. The van der Waals surface area contributed by atoms with E-state index in [1.54, 1.807) is 7.11 Å². The smallest absolute Gasteiger partial charge is 0.175 e. The number of rotatable bonds is 5. The Bertz CT molecular complexity index is 474. The van der Waals surface area contributed by atoms with Crippen LogP contribution in [0.4, 0.5) is 0 Å². The van der Waals surface area contributed by atoms with Gasteiger partial charge in [0.05, 0.1) is 23.3 Å². The molecule has 1 unspecified atom stereocenters.